The van der Waals surface area contributed by atoms with Gasteiger partial charge in [-0.05, 0) is 63.1 Å². The van der Waals surface area contributed by atoms with E-state index < -0.39 is 0 Å². The van der Waals surface area contributed by atoms with Gasteiger partial charge >= 0.3 is 0 Å². The smallest absolute Gasteiger partial charge is 0.258 e. The molecule has 8 heteroatoms. The Bertz CT molecular complexity index is 1220. The van der Waals surface area contributed by atoms with E-state index >= 15 is 0 Å². The number of anilines is 1. The molecule has 0 saturated carbocycles. The highest BCUT2D eigenvalue weighted by atomic mass is 35.5. The van der Waals surface area contributed by atoms with Crippen LogP contribution in [0.15, 0.2) is 54.6 Å². The quantitative estimate of drug-likeness (QED) is 0.507. The highest BCUT2D eigenvalue weighted by molar-refractivity contribution is 6.31. The number of imidazole rings is 1. The second-order valence-corrected chi connectivity index (χ2v) is 9.04. The lowest BCUT2D eigenvalue weighted by Crippen LogP contribution is -2.34. The van der Waals surface area contributed by atoms with Gasteiger partial charge in [0.1, 0.15) is 0 Å². The third-order valence-electron chi connectivity index (χ3n) is 6.13. The number of halogens is 1. The van der Waals surface area contributed by atoms with E-state index in [1.165, 1.54) is 0 Å². The van der Waals surface area contributed by atoms with E-state index in [4.69, 9.17) is 16.6 Å². The molecule has 2 amide bonds. The van der Waals surface area contributed by atoms with Crippen molar-refractivity contribution in [1.82, 2.24) is 19.8 Å². The number of fused-ring (bicyclic) bond motifs is 1. The van der Waals surface area contributed by atoms with Gasteiger partial charge in [0.2, 0.25) is 11.9 Å². The molecule has 1 atom stereocenters. The van der Waals surface area contributed by atoms with E-state index in [2.05, 4.69) is 15.2 Å². The standard InChI is InChI=1S/C26H30ClN5O2/c1-18-8-5-12-22-24(18)32(26(29-22)30-25(34)19-9-6-10-20(27)16-19)21-11-3-4-15-31(17-21)23(33)13-7-14-28-2/h5-10,12-13,16,21,28H,3-4,11,14-15,17H2,1-2H3,(H,29,30,34)/b13-7+. The number of rotatable bonds is 6. The average molecular weight is 480 g/mol. The maximum atomic E-state index is 13.0. The molecule has 1 fully saturated rings. The number of para-hydroxylation sites is 1. The largest absolute Gasteiger partial charge is 0.337 e. The second-order valence-electron chi connectivity index (χ2n) is 8.61. The van der Waals surface area contributed by atoms with Gasteiger partial charge in [-0.2, -0.15) is 0 Å². The minimum Gasteiger partial charge on any atom is -0.337 e. The zero-order chi connectivity index (χ0) is 24.1. The number of aryl methyl sites for hydroxylation is 1. The van der Waals surface area contributed by atoms with Crippen LogP contribution in [0.25, 0.3) is 11.0 Å². The molecule has 2 N–H and O–H groups in total. The average Bonchev–Trinajstić information content (AvgIpc) is 3.01. The van der Waals surface area contributed by atoms with Crippen LogP contribution < -0.4 is 10.6 Å². The zero-order valence-corrected chi connectivity index (χ0v) is 20.3. The minimum atomic E-state index is -0.270. The van der Waals surface area contributed by atoms with Crippen LogP contribution in [0.4, 0.5) is 5.95 Å². The first-order chi connectivity index (χ1) is 16.5. The Kier molecular flexibility index (Phi) is 7.65. The van der Waals surface area contributed by atoms with E-state index in [0.29, 0.717) is 29.6 Å². The molecule has 0 aliphatic carbocycles. The van der Waals surface area contributed by atoms with Crippen LogP contribution in [0.1, 0.15) is 41.2 Å². The van der Waals surface area contributed by atoms with Crippen molar-refractivity contribution < 1.29 is 9.59 Å². The summed E-state index contributed by atoms with van der Waals surface area (Å²) in [7, 11) is 1.85. The van der Waals surface area contributed by atoms with E-state index in [9.17, 15) is 9.59 Å². The summed E-state index contributed by atoms with van der Waals surface area (Å²) in [5.41, 5.74) is 3.34. The summed E-state index contributed by atoms with van der Waals surface area (Å²) in [6.45, 7) is 3.97. The van der Waals surface area contributed by atoms with Crippen LogP contribution in [0.5, 0.6) is 0 Å². The Morgan fingerprint density at radius 3 is 2.82 bits per heavy atom. The lowest BCUT2D eigenvalue weighted by Gasteiger charge is -2.26. The number of carbonyl (C=O) groups excluding carboxylic acids is 2. The van der Waals surface area contributed by atoms with Crippen LogP contribution in [-0.2, 0) is 4.79 Å². The van der Waals surface area contributed by atoms with Crippen molar-refractivity contribution in [1.29, 1.82) is 0 Å². The third kappa shape index (κ3) is 5.32. The Morgan fingerprint density at radius 2 is 2.03 bits per heavy atom. The molecule has 1 aliphatic heterocycles. The van der Waals surface area contributed by atoms with Gasteiger partial charge in [0.05, 0.1) is 17.1 Å². The molecule has 1 aromatic heterocycles. The van der Waals surface area contributed by atoms with E-state index in [1.54, 1.807) is 30.3 Å². The van der Waals surface area contributed by atoms with Crippen molar-refractivity contribution in [3.8, 4) is 0 Å². The van der Waals surface area contributed by atoms with Crippen molar-refractivity contribution >= 4 is 40.4 Å². The highest BCUT2D eigenvalue weighted by Crippen LogP contribution is 2.32. The molecule has 0 bridgehead atoms. The molecule has 34 heavy (non-hydrogen) atoms. The zero-order valence-electron chi connectivity index (χ0n) is 19.6. The fourth-order valence-electron chi connectivity index (χ4n) is 4.48. The van der Waals surface area contributed by atoms with Gasteiger partial charge in [-0.1, -0.05) is 35.9 Å². The van der Waals surface area contributed by atoms with Crippen LogP contribution in [0, 0.1) is 6.92 Å². The summed E-state index contributed by atoms with van der Waals surface area (Å²) in [5, 5.41) is 6.52. The Labute approximate surface area is 204 Å². The van der Waals surface area contributed by atoms with Crippen LogP contribution >= 0.6 is 11.6 Å². The van der Waals surface area contributed by atoms with Crippen LogP contribution in [0.3, 0.4) is 0 Å². The van der Waals surface area contributed by atoms with Gasteiger partial charge < -0.3 is 14.8 Å². The molecule has 1 saturated heterocycles. The summed E-state index contributed by atoms with van der Waals surface area (Å²) < 4.78 is 2.11. The lowest BCUT2D eigenvalue weighted by atomic mass is 10.1. The Hall–Kier alpha value is -3.16. The molecule has 4 rings (SSSR count). The lowest BCUT2D eigenvalue weighted by molar-refractivity contribution is -0.126. The molecular weight excluding hydrogens is 450 g/mol. The molecule has 3 aromatic rings. The van der Waals surface area contributed by atoms with Gasteiger partial charge in [-0.3, -0.25) is 14.9 Å². The number of hydrogen-bond acceptors (Lipinski definition) is 4. The Balaban J connectivity index is 1.70. The Morgan fingerprint density at radius 1 is 1.21 bits per heavy atom. The number of nitrogens with one attached hydrogen (secondary N) is 2. The summed E-state index contributed by atoms with van der Waals surface area (Å²) in [5.74, 6) is 0.223. The van der Waals surface area contributed by atoms with Gasteiger partial charge in [0.15, 0.2) is 0 Å². The number of likely N-dealkylation sites (N-methyl/N-ethyl adjacent to an activating group) is 1. The third-order valence-corrected chi connectivity index (χ3v) is 6.36. The topological polar surface area (TPSA) is 79.3 Å². The SMILES string of the molecule is CNC/C=C/C(=O)N1CCCCC(n2c(NC(=O)c3cccc(Cl)c3)nc3cccc(C)c32)C1. The van der Waals surface area contributed by atoms with E-state index in [-0.39, 0.29) is 17.9 Å². The van der Waals surface area contributed by atoms with Crippen molar-refractivity contribution in [3.05, 3.63) is 70.8 Å². The van der Waals surface area contributed by atoms with Crippen molar-refractivity contribution in [2.75, 3.05) is 32.0 Å². The predicted octanol–water partition coefficient (Wildman–Crippen LogP) is 4.58. The van der Waals surface area contributed by atoms with Crippen molar-refractivity contribution in [2.24, 2.45) is 0 Å². The fourth-order valence-corrected chi connectivity index (χ4v) is 4.67. The number of benzene rings is 2. The summed E-state index contributed by atoms with van der Waals surface area (Å²) in [6.07, 6.45) is 6.30. The summed E-state index contributed by atoms with van der Waals surface area (Å²) >= 11 is 6.09. The molecule has 2 heterocycles. The fraction of sp³-hybridized carbons (Fsp3) is 0.346. The normalized spacial score (nSPS) is 16.7. The highest BCUT2D eigenvalue weighted by Gasteiger charge is 2.27. The first kappa shape index (κ1) is 24.0. The summed E-state index contributed by atoms with van der Waals surface area (Å²) in [6, 6.07) is 12.8. The van der Waals surface area contributed by atoms with E-state index in [1.807, 2.05) is 43.1 Å². The molecular formula is C26H30ClN5O2. The maximum absolute atomic E-state index is 13.0. The monoisotopic (exact) mass is 479 g/mol. The molecule has 178 valence electrons. The van der Waals surface area contributed by atoms with Gasteiger partial charge in [-0.25, -0.2) is 4.98 Å². The van der Waals surface area contributed by atoms with Crippen LogP contribution in [0.2, 0.25) is 5.02 Å². The number of nitrogens with zero attached hydrogens (tertiary/aromatic N) is 3. The second kappa shape index (κ2) is 10.8. The molecule has 7 nitrogen and oxygen atoms in total. The van der Waals surface area contributed by atoms with E-state index in [0.717, 1.165) is 42.4 Å². The number of carbonyl (C=O) groups is 2. The molecule has 0 radical (unpaired) electrons. The van der Waals surface area contributed by atoms with Crippen LogP contribution in [-0.4, -0.2) is 52.9 Å². The van der Waals surface area contributed by atoms with Gasteiger partial charge in [0.25, 0.3) is 5.91 Å². The number of amides is 2. The molecule has 1 unspecified atom stereocenters. The van der Waals surface area contributed by atoms with Gasteiger partial charge in [0, 0.05) is 36.3 Å². The predicted molar refractivity (Wildman–Crippen MR) is 136 cm³/mol. The maximum Gasteiger partial charge on any atom is 0.258 e. The van der Waals surface area contributed by atoms with Crippen molar-refractivity contribution in [3.63, 3.8) is 0 Å². The molecule has 2 aromatic carbocycles. The minimum absolute atomic E-state index is 0.00723. The molecule has 1 aliphatic rings. The first-order valence-electron chi connectivity index (χ1n) is 11.6. The first-order valence-corrected chi connectivity index (χ1v) is 12.0. The van der Waals surface area contributed by atoms with Crippen molar-refractivity contribution in [2.45, 2.75) is 32.2 Å². The van der Waals surface area contributed by atoms with Gasteiger partial charge in [-0.15, -0.1) is 0 Å². The number of aromatic nitrogens is 2. The molecule has 0 spiro atoms. The number of hydrogen-bond donors (Lipinski definition) is 2. The summed E-state index contributed by atoms with van der Waals surface area (Å²) in [4.78, 5) is 32.6. The number of likely N-dealkylation sites (tertiary alicyclic amines) is 1.